The van der Waals surface area contributed by atoms with E-state index in [2.05, 4.69) is 46.4 Å². The van der Waals surface area contributed by atoms with Crippen molar-refractivity contribution >= 4 is 34.7 Å². The quantitative estimate of drug-likeness (QED) is 0.291. The molecule has 3 aromatic rings. The van der Waals surface area contributed by atoms with Crippen molar-refractivity contribution in [3.8, 4) is 11.4 Å². The van der Waals surface area contributed by atoms with Crippen LogP contribution in [-0.2, 0) is 11.8 Å². The number of nitro groups is 1. The molecule has 0 radical (unpaired) electrons. The van der Waals surface area contributed by atoms with E-state index >= 15 is 0 Å². The fraction of sp³-hybridized carbons (Fsp3) is 0.318. The molecule has 0 aliphatic rings. The number of benzene rings is 2. The summed E-state index contributed by atoms with van der Waals surface area (Å²) < 4.78 is 1.87. The summed E-state index contributed by atoms with van der Waals surface area (Å²) >= 11 is 1.30. The average molecular weight is 455 g/mol. The number of thioether (sulfide) groups is 1. The lowest BCUT2D eigenvalue weighted by molar-refractivity contribution is -0.384. The third-order valence-electron chi connectivity index (χ3n) is 5.09. The number of nitro benzene ring substituents is 1. The van der Waals surface area contributed by atoms with Crippen LogP contribution < -0.4 is 10.2 Å². The standard InChI is InChI=1S/C22H26N6O3S/c1-5-27(6-2)18-11-7-16(8-12-18)20-24-25-22(26(20)4)32-15(3)21(29)23-17-9-13-19(14-10-17)28(30)31/h7-15H,5-6H2,1-4H3,(H,23,29). The number of non-ortho nitro benzene ring substituents is 1. The fourth-order valence-electron chi connectivity index (χ4n) is 3.20. The smallest absolute Gasteiger partial charge is 0.269 e. The third kappa shape index (κ3) is 5.25. The molecule has 0 fully saturated rings. The van der Waals surface area contributed by atoms with Crippen molar-refractivity contribution in [2.75, 3.05) is 23.3 Å². The van der Waals surface area contributed by atoms with E-state index in [0.29, 0.717) is 10.8 Å². The predicted molar refractivity (Wildman–Crippen MR) is 127 cm³/mol. The molecule has 32 heavy (non-hydrogen) atoms. The molecule has 10 heteroatoms. The summed E-state index contributed by atoms with van der Waals surface area (Å²) in [6, 6.07) is 13.9. The monoisotopic (exact) mass is 454 g/mol. The first kappa shape index (κ1) is 23.3. The van der Waals surface area contributed by atoms with Crippen molar-refractivity contribution in [3.05, 3.63) is 58.6 Å². The van der Waals surface area contributed by atoms with Crippen LogP contribution in [0.1, 0.15) is 20.8 Å². The minimum absolute atomic E-state index is 0.0258. The van der Waals surface area contributed by atoms with Gasteiger partial charge >= 0.3 is 0 Å². The van der Waals surface area contributed by atoms with Crippen LogP contribution in [0, 0.1) is 10.1 Å². The Hall–Kier alpha value is -3.40. The van der Waals surface area contributed by atoms with Crippen molar-refractivity contribution in [2.24, 2.45) is 7.05 Å². The Bertz CT molecular complexity index is 1080. The second kappa shape index (κ2) is 10.3. The summed E-state index contributed by atoms with van der Waals surface area (Å²) in [7, 11) is 1.87. The average Bonchev–Trinajstić information content (AvgIpc) is 3.15. The normalized spacial score (nSPS) is 11.8. The Labute approximate surface area is 191 Å². The number of nitrogens with zero attached hydrogens (tertiary/aromatic N) is 5. The molecule has 0 saturated carbocycles. The van der Waals surface area contributed by atoms with E-state index in [4.69, 9.17) is 0 Å². The maximum atomic E-state index is 12.6. The second-order valence-corrected chi connectivity index (χ2v) is 8.45. The van der Waals surface area contributed by atoms with Crippen molar-refractivity contribution in [3.63, 3.8) is 0 Å². The van der Waals surface area contributed by atoms with Crippen LogP contribution in [-0.4, -0.2) is 43.9 Å². The molecule has 1 heterocycles. The lowest BCUT2D eigenvalue weighted by atomic mass is 10.2. The number of amides is 1. The lowest BCUT2D eigenvalue weighted by Gasteiger charge is -2.21. The van der Waals surface area contributed by atoms with Crippen LogP contribution in [0.5, 0.6) is 0 Å². The van der Waals surface area contributed by atoms with Gasteiger partial charge < -0.3 is 14.8 Å². The van der Waals surface area contributed by atoms with Crippen LogP contribution in [0.4, 0.5) is 17.1 Å². The Morgan fingerprint density at radius 1 is 1.12 bits per heavy atom. The summed E-state index contributed by atoms with van der Waals surface area (Å²) in [6.07, 6.45) is 0. The number of carbonyl (C=O) groups is 1. The highest BCUT2D eigenvalue weighted by Crippen LogP contribution is 2.28. The molecule has 1 unspecified atom stereocenters. The summed E-state index contributed by atoms with van der Waals surface area (Å²) in [5, 5.41) is 22.3. The second-order valence-electron chi connectivity index (χ2n) is 7.14. The highest BCUT2D eigenvalue weighted by molar-refractivity contribution is 8.00. The summed E-state index contributed by atoms with van der Waals surface area (Å²) in [5.41, 5.74) is 2.58. The largest absolute Gasteiger partial charge is 0.372 e. The molecule has 0 spiro atoms. The van der Waals surface area contributed by atoms with Crippen molar-refractivity contribution in [2.45, 2.75) is 31.2 Å². The Morgan fingerprint density at radius 3 is 2.31 bits per heavy atom. The Kier molecular flexibility index (Phi) is 7.47. The van der Waals surface area contributed by atoms with Gasteiger partial charge in [-0.05, 0) is 57.2 Å². The fourth-order valence-corrected chi connectivity index (χ4v) is 4.02. The van der Waals surface area contributed by atoms with E-state index < -0.39 is 10.2 Å². The van der Waals surface area contributed by atoms with Crippen molar-refractivity contribution in [1.29, 1.82) is 0 Å². The van der Waals surface area contributed by atoms with Crippen molar-refractivity contribution < 1.29 is 9.72 Å². The van der Waals surface area contributed by atoms with Gasteiger partial charge in [-0.1, -0.05) is 11.8 Å². The molecule has 0 saturated heterocycles. The van der Waals surface area contributed by atoms with Crippen LogP contribution >= 0.6 is 11.8 Å². The van der Waals surface area contributed by atoms with Gasteiger partial charge in [0.1, 0.15) is 0 Å². The van der Waals surface area contributed by atoms with E-state index in [0.717, 1.165) is 30.2 Å². The highest BCUT2D eigenvalue weighted by atomic mass is 32.2. The van der Waals surface area contributed by atoms with E-state index in [1.807, 2.05) is 23.7 Å². The molecule has 1 amide bonds. The topological polar surface area (TPSA) is 106 Å². The molecule has 0 aliphatic carbocycles. The van der Waals surface area contributed by atoms with Crippen LogP contribution in [0.15, 0.2) is 53.7 Å². The van der Waals surface area contributed by atoms with E-state index in [-0.39, 0.29) is 11.6 Å². The van der Waals surface area contributed by atoms with Gasteiger partial charge in [0, 0.05) is 49.2 Å². The van der Waals surface area contributed by atoms with Gasteiger partial charge in [-0.3, -0.25) is 14.9 Å². The maximum Gasteiger partial charge on any atom is 0.269 e. The van der Waals surface area contributed by atoms with E-state index in [1.54, 1.807) is 6.92 Å². The zero-order valence-corrected chi connectivity index (χ0v) is 19.3. The number of rotatable bonds is 9. The zero-order valence-electron chi connectivity index (χ0n) is 18.5. The number of carbonyl (C=O) groups excluding carboxylic acids is 1. The maximum absolute atomic E-state index is 12.6. The SMILES string of the molecule is CCN(CC)c1ccc(-c2nnc(SC(C)C(=O)Nc3ccc([N+](=O)[O-])cc3)n2C)cc1. The molecule has 1 atom stereocenters. The molecule has 2 aromatic carbocycles. The van der Waals surface area contributed by atoms with Crippen LogP contribution in [0.3, 0.4) is 0 Å². The summed E-state index contributed by atoms with van der Waals surface area (Å²) in [6.45, 7) is 7.92. The summed E-state index contributed by atoms with van der Waals surface area (Å²) in [5.74, 6) is 0.499. The molecule has 1 N–H and O–H groups in total. The molecule has 9 nitrogen and oxygen atoms in total. The summed E-state index contributed by atoms with van der Waals surface area (Å²) in [4.78, 5) is 25.1. The highest BCUT2D eigenvalue weighted by Gasteiger charge is 2.20. The lowest BCUT2D eigenvalue weighted by Crippen LogP contribution is -2.22. The number of aromatic nitrogens is 3. The van der Waals surface area contributed by atoms with Gasteiger partial charge in [0.2, 0.25) is 5.91 Å². The Balaban J connectivity index is 1.67. The number of anilines is 2. The first-order chi connectivity index (χ1) is 15.3. The Morgan fingerprint density at radius 2 is 1.75 bits per heavy atom. The van der Waals surface area contributed by atoms with Crippen LogP contribution in [0.25, 0.3) is 11.4 Å². The molecular formula is C22H26N6O3S. The number of nitrogens with one attached hydrogen (secondary N) is 1. The molecule has 1 aromatic heterocycles. The molecule has 168 valence electrons. The number of hydrogen-bond acceptors (Lipinski definition) is 7. The first-order valence-corrected chi connectivity index (χ1v) is 11.2. The van der Waals surface area contributed by atoms with Crippen molar-refractivity contribution in [1.82, 2.24) is 14.8 Å². The van der Waals surface area contributed by atoms with Gasteiger partial charge in [-0.2, -0.15) is 0 Å². The number of hydrogen-bond donors (Lipinski definition) is 1. The van der Waals surface area contributed by atoms with Gasteiger partial charge in [-0.15, -0.1) is 10.2 Å². The van der Waals surface area contributed by atoms with Crippen LogP contribution in [0.2, 0.25) is 0 Å². The minimum atomic E-state index is -0.479. The van der Waals surface area contributed by atoms with Gasteiger partial charge in [0.25, 0.3) is 5.69 Å². The molecular weight excluding hydrogens is 428 g/mol. The molecule has 0 aliphatic heterocycles. The zero-order chi connectivity index (χ0) is 23.3. The minimum Gasteiger partial charge on any atom is -0.372 e. The van der Waals surface area contributed by atoms with Gasteiger partial charge in [0.15, 0.2) is 11.0 Å². The van der Waals surface area contributed by atoms with Gasteiger partial charge in [-0.25, -0.2) is 0 Å². The molecule has 3 rings (SSSR count). The first-order valence-electron chi connectivity index (χ1n) is 10.3. The van der Waals surface area contributed by atoms with Gasteiger partial charge in [0.05, 0.1) is 10.2 Å². The molecule has 0 bridgehead atoms. The van der Waals surface area contributed by atoms with E-state index in [1.165, 1.54) is 36.0 Å². The third-order valence-corrected chi connectivity index (χ3v) is 6.22. The van der Waals surface area contributed by atoms with E-state index in [9.17, 15) is 14.9 Å². The predicted octanol–water partition coefficient (Wildman–Crippen LogP) is 4.36.